The van der Waals surface area contributed by atoms with Gasteiger partial charge in [-0.15, -0.1) is 0 Å². The topological polar surface area (TPSA) is 45.5 Å². The van der Waals surface area contributed by atoms with E-state index in [1.54, 1.807) is 0 Å². The summed E-state index contributed by atoms with van der Waals surface area (Å²) >= 11 is 0. The zero-order valence-electron chi connectivity index (χ0n) is 12.6. The Bertz CT molecular complexity index is 635. The van der Waals surface area contributed by atoms with Crippen LogP contribution in [0.25, 0.3) is 5.65 Å². The van der Waals surface area contributed by atoms with Gasteiger partial charge in [0.1, 0.15) is 5.82 Å². The van der Waals surface area contributed by atoms with Gasteiger partial charge < -0.3 is 14.6 Å². The van der Waals surface area contributed by atoms with Gasteiger partial charge in [0, 0.05) is 31.5 Å². The normalized spacial score (nSPS) is 25.3. The average Bonchev–Trinajstić information content (AvgIpc) is 3.14. The number of nitrogens with one attached hydrogen (secondary N) is 1. The molecule has 2 unspecified atom stereocenters. The van der Waals surface area contributed by atoms with Crippen LogP contribution in [-0.4, -0.2) is 33.5 Å². The first-order valence-electron chi connectivity index (χ1n) is 8.21. The Morgan fingerprint density at radius 3 is 3.10 bits per heavy atom. The second-order valence-corrected chi connectivity index (χ2v) is 6.23. The van der Waals surface area contributed by atoms with Crippen LogP contribution in [-0.2, 0) is 0 Å². The SMILES string of the molecule is CCNc1cn2ccnc2c(N2CCCC3CCCC32)n1. The molecular formula is C16H23N5. The van der Waals surface area contributed by atoms with Crippen LogP contribution < -0.4 is 10.2 Å². The molecule has 2 aromatic heterocycles. The van der Waals surface area contributed by atoms with Crippen molar-refractivity contribution in [2.75, 3.05) is 23.3 Å². The maximum absolute atomic E-state index is 4.88. The third-order valence-electron chi connectivity index (χ3n) is 4.98. The Kier molecular flexibility index (Phi) is 3.20. The third-order valence-corrected chi connectivity index (χ3v) is 4.98. The highest BCUT2D eigenvalue weighted by atomic mass is 15.3. The number of rotatable bonds is 3. The van der Waals surface area contributed by atoms with Gasteiger partial charge in [0.05, 0.1) is 6.20 Å². The molecule has 1 aliphatic carbocycles. The van der Waals surface area contributed by atoms with Gasteiger partial charge >= 0.3 is 0 Å². The number of fused-ring (bicyclic) bond motifs is 2. The summed E-state index contributed by atoms with van der Waals surface area (Å²) in [5, 5.41) is 3.34. The monoisotopic (exact) mass is 285 g/mol. The molecule has 5 nitrogen and oxygen atoms in total. The number of piperidine rings is 1. The highest BCUT2D eigenvalue weighted by Crippen LogP contribution is 2.39. The quantitative estimate of drug-likeness (QED) is 0.942. The predicted octanol–water partition coefficient (Wildman–Crippen LogP) is 2.93. The van der Waals surface area contributed by atoms with E-state index in [4.69, 9.17) is 4.98 Å². The van der Waals surface area contributed by atoms with E-state index >= 15 is 0 Å². The van der Waals surface area contributed by atoms with Crippen LogP contribution in [0, 0.1) is 5.92 Å². The summed E-state index contributed by atoms with van der Waals surface area (Å²) < 4.78 is 2.10. The first kappa shape index (κ1) is 12.9. The van der Waals surface area contributed by atoms with Gasteiger partial charge in [0.25, 0.3) is 0 Å². The largest absolute Gasteiger partial charge is 0.369 e. The van der Waals surface area contributed by atoms with Crippen molar-refractivity contribution >= 4 is 17.3 Å². The fourth-order valence-corrected chi connectivity index (χ4v) is 4.09. The van der Waals surface area contributed by atoms with Crippen molar-refractivity contribution in [3.05, 3.63) is 18.6 Å². The fraction of sp³-hybridized carbons (Fsp3) is 0.625. The number of hydrogen-bond acceptors (Lipinski definition) is 4. The van der Waals surface area contributed by atoms with Crippen molar-refractivity contribution < 1.29 is 0 Å². The second-order valence-electron chi connectivity index (χ2n) is 6.23. The first-order valence-corrected chi connectivity index (χ1v) is 8.21. The van der Waals surface area contributed by atoms with Crippen LogP contribution in [0.3, 0.4) is 0 Å². The summed E-state index contributed by atoms with van der Waals surface area (Å²) in [4.78, 5) is 12.0. The molecule has 0 amide bonds. The number of hydrogen-bond donors (Lipinski definition) is 1. The lowest BCUT2D eigenvalue weighted by Gasteiger charge is -2.38. The first-order chi connectivity index (χ1) is 10.4. The highest BCUT2D eigenvalue weighted by molar-refractivity contribution is 5.67. The Hall–Kier alpha value is -1.78. The number of nitrogens with zero attached hydrogens (tertiary/aromatic N) is 4. The Balaban J connectivity index is 1.78. The van der Waals surface area contributed by atoms with Crippen LogP contribution in [0.15, 0.2) is 18.6 Å². The van der Waals surface area contributed by atoms with Crippen LogP contribution in [0.2, 0.25) is 0 Å². The van der Waals surface area contributed by atoms with Gasteiger partial charge in [0.2, 0.25) is 0 Å². The van der Waals surface area contributed by atoms with Crippen LogP contribution in [0.4, 0.5) is 11.6 Å². The fourth-order valence-electron chi connectivity index (χ4n) is 4.09. The molecule has 3 heterocycles. The highest BCUT2D eigenvalue weighted by Gasteiger charge is 2.36. The number of aromatic nitrogens is 3. The van der Waals surface area contributed by atoms with E-state index in [2.05, 4.69) is 26.5 Å². The molecule has 1 saturated heterocycles. The van der Waals surface area contributed by atoms with Crippen molar-refractivity contribution in [3.63, 3.8) is 0 Å². The van der Waals surface area contributed by atoms with Gasteiger partial charge in [-0.2, -0.15) is 0 Å². The van der Waals surface area contributed by atoms with E-state index in [-0.39, 0.29) is 0 Å². The minimum absolute atomic E-state index is 0.670. The number of imidazole rings is 1. The average molecular weight is 285 g/mol. The molecule has 1 saturated carbocycles. The Labute approximate surface area is 125 Å². The molecule has 0 spiro atoms. The smallest absolute Gasteiger partial charge is 0.180 e. The molecular weight excluding hydrogens is 262 g/mol. The molecule has 4 rings (SSSR count). The van der Waals surface area contributed by atoms with Gasteiger partial charge in [-0.25, -0.2) is 9.97 Å². The molecule has 112 valence electrons. The molecule has 0 aromatic carbocycles. The zero-order valence-corrected chi connectivity index (χ0v) is 12.6. The van der Waals surface area contributed by atoms with Crippen molar-refractivity contribution in [1.82, 2.24) is 14.4 Å². The predicted molar refractivity (Wildman–Crippen MR) is 84.9 cm³/mol. The van der Waals surface area contributed by atoms with Gasteiger partial charge in [-0.1, -0.05) is 6.42 Å². The Morgan fingerprint density at radius 1 is 1.29 bits per heavy atom. The van der Waals surface area contributed by atoms with Crippen molar-refractivity contribution in [3.8, 4) is 0 Å². The summed E-state index contributed by atoms with van der Waals surface area (Å²) in [5.41, 5.74) is 0.990. The van der Waals surface area contributed by atoms with Crippen molar-refractivity contribution in [2.24, 2.45) is 5.92 Å². The minimum Gasteiger partial charge on any atom is -0.369 e. The summed E-state index contributed by atoms with van der Waals surface area (Å²) in [6.07, 6.45) is 12.6. The lowest BCUT2D eigenvalue weighted by Crippen LogP contribution is -2.43. The van der Waals surface area contributed by atoms with Crippen molar-refractivity contribution in [2.45, 2.75) is 45.1 Å². The summed E-state index contributed by atoms with van der Waals surface area (Å²) in [7, 11) is 0. The van der Waals surface area contributed by atoms with Gasteiger partial charge in [-0.05, 0) is 38.5 Å². The van der Waals surface area contributed by atoms with E-state index in [0.717, 1.165) is 36.3 Å². The van der Waals surface area contributed by atoms with Crippen molar-refractivity contribution in [1.29, 1.82) is 0 Å². The molecule has 1 N–H and O–H groups in total. The third kappa shape index (κ3) is 2.15. The molecule has 2 aliphatic rings. The van der Waals surface area contributed by atoms with E-state index in [1.165, 1.54) is 32.1 Å². The molecule has 0 bridgehead atoms. The zero-order chi connectivity index (χ0) is 14.2. The molecule has 5 heteroatoms. The molecule has 1 aliphatic heterocycles. The lowest BCUT2D eigenvalue weighted by atomic mass is 9.92. The summed E-state index contributed by atoms with van der Waals surface area (Å²) in [6, 6.07) is 0.670. The maximum atomic E-state index is 4.88. The van der Waals surface area contributed by atoms with E-state index in [0.29, 0.717) is 6.04 Å². The molecule has 0 radical (unpaired) electrons. The standard InChI is InChI=1S/C16H23N5/c1-2-17-14-11-20-10-8-18-15(20)16(19-14)21-9-4-6-12-5-3-7-13(12)21/h8,10-13,17H,2-7,9H2,1H3. The van der Waals surface area contributed by atoms with Crippen LogP contribution in [0.1, 0.15) is 39.0 Å². The lowest BCUT2D eigenvalue weighted by molar-refractivity contribution is 0.361. The van der Waals surface area contributed by atoms with E-state index in [1.807, 2.05) is 18.6 Å². The minimum atomic E-state index is 0.670. The molecule has 2 atom stereocenters. The van der Waals surface area contributed by atoms with Crippen LogP contribution in [0.5, 0.6) is 0 Å². The molecule has 2 aromatic rings. The number of anilines is 2. The molecule has 21 heavy (non-hydrogen) atoms. The Morgan fingerprint density at radius 2 is 2.19 bits per heavy atom. The van der Waals surface area contributed by atoms with Crippen LogP contribution >= 0.6 is 0 Å². The second kappa shape index (κ2) is 5.20. The summed E-state index contributed by atoms with van der Waals surface area (Å²) in [5.74, 6) is 2.87. The van der Waals surface area contributed by atoms with E-state index in [9.17, 15) is 0 Å². The van der Waals surface area contributed by atoms with Gasteiger partial charge in [-0.3, -0.25) is 0 Å². The molecule has 2 fully saturated rings. The van der Waals surface area contributed by atoms with E-state index < -0.39 is 0 Å². The van der Waals surface area contributed by atoms with Gasteiger partial charge in [0.15, 0.2) is 11.5 Å². The maximum Gasteiger partial charge on any atom is 0.180 e. The summed E-state index contributed by atoms with van der Waals surface area (Å²) in [6.45, 7) is 4.11.